The monoisotopic (exact) mass is 330 g/mol. The lowest BCUT2D eigenvalue weighted by Crippen LogP contribution is -2.45. The van der Waals surface area contributed by atoms with E-state index in [1.54, 1.807) is 11.9 Å². The molecule has 0 saturated heterocycles. The van der Waals surface area contributed by atoms with Gasteiger partial charge in [0, 0.05) is 27.7 Å². The average Bonchev–Trinajstić information content (AvgIpc) is 2.44. The summed E-state index contributed by atoms with van der Waals surface area (Å²) in [6.07, 6.45) is 4.36. The topological polar surface area (TPSA) is 75.8 Å². The van der Waals surface area contributed by atoms with E-state index < -0.39 is 8.07 Å². The van der Waals surface area contributed by atoms with Crippen LogP contribution in [0.1, 0.15) is 32.1 Å². The van der Waals surface area contributed by atoms with Gasteiger partial charge in [-0.25, -0.2) is 4.79 Å². The molecule has 0 spiro atoms. The minimum Gasteiger partial charge on any atom is -0.450 e. The maximum Gasteiger partial charge on any atom is 0.409 e. The number of carbonyl (C=O) groups is 1. The second kappa shape index (κ2) is 8.89. The number of nitrogens with two attached hydrogens (primary N) is 1. The van der Waals surface area contributed by atoms with Gasteiger partial charge in [0.1, 0.15) is 0 Å². The van der Waals surface area contributed by atoms with Gasteiger partial charge in [0.15, 0.2) is 0 Å². The molecule has 5 nitrogen and oxygen atoms in total. The van der Waals surface area contributed by atoms with Crippen LogP contribution in [0.15, 0.2) is 0 Å². The lowest BCUT2D eigenvalue weighted by molar-refractivity contribution is 0.0447. The molecule has 1 fully saturated rings. The molecule has 0 aliphatic heterocycles. The predicted molar refractivity (Wildman–Crippen MR) is 92.7 cm³/mol. The van der Waals surface area contributed by atoms with Gasteiger partial charge in [-0.2, -0.15) is 0 Å². The van der Waals surface area contributed by atoms with Gasteiger partial charge in [-0.1, -0.05) is 32.5 Å². The molecule has 3 N–H and O–H groups in total. The van der Waals surface area contributed by atoms with E-state index in [-0.39, 0.29) is 24.2 Å². The van der Waals surface area contributed by atoms with Crippen molar-refractivity contribution in [3.05, 3.63) is 0 Å². The number of nitrogens with zero attached hydrogens (tertiary/aromatic N) is 1. The zero-order chi connectivity index (χ0) is 16.8. The summed E-state index contributed by atoms with van der Waals surface area (Å²) in [4.78, 5) is 13.8. The number of hydrogen-bond donors (Lipinski definition) is 2. The Balaban J connectivity index is 2.45. The summed E-state index contributed by atoms with van der Waals surface area (Å²) in [5.74, 6) is 0.250. The summed E-state index contributed by atoms with van der Waals surface area (Å²) in [7, 11) is 0.562. The van der Waals surface area contributed by atoms with Gasteiger partial charge < -0.3 is 20.5 Å². The minimum absolute atomic E-state index is 0.0582. The molecule has 130 valence electrons. The normalized spacial score (nSPS) is 23.9. The number of rotatable bonds is 7. The summed E-state index contributed by atoms with van der Waals surface area (Å²) in [5.41, 5.74) is 5.85. The van der Waals surface area contributed by atoms with Gasteiger partial charge in [-0.3, -0.25) is 0 Å². The largest absolute Gasteiger partial charge is 0.450 e. The zero-order valence-electron chi connectivity index (χ0n) is 14.7. The average molecular weight is 331 g/mol. The number of hydrogen-bond acceptors (Lipinski definition) is 4. The lowest BCUT2D eigenvalue weighted by Gasteiger charge is -2.34. The van der Waals surface area contributed by atoms with Crippen LogP contribution in [0.5, 0.6) is 0 Å². The molecular weight excluding hydrogens is 296 g/mol. The van der Waals surface area contributed by atoms with Gasteiger partial charge >= 0.3 is 6.09 Å². The minimum atomic E-state index is -1.19. The van der Waals surface area contributed by atoms with Gasteiger partial charge in [0.05, 0.1) is 12.7 Å². The first-order valence-electron chi connectivity index (χ1n) is 8.52. The molecule has 22 heavy (non-hydrogen) atoms. The van der Waals surface area contributed by atoms with E-state index in [0.29, 0.717) is 13.2 Å². The third-order valence-corrected chi connectivity index (χ3v) is 6.33. The fourth-order valence-electron chi connectivity index (χ4n) is 2.92. The Bertz CT molecular complexity index is 347. The van der Waals surface area contributed by atoms with Crippen LogP contribution in [-0.4, -0.2) is 56.5 Å². The van der Waals surface area contributed by atoms with Gasteiger partial charge in [0.25, 0.3) is 0 Å². The van der Waals surface area contributed by atoms with E-state index in [2.05, 4.69) is 19.6 Å². The zero-order valence-corrected chi connectivity index (χ0v) is 15.7. The Morgan fingerprint density at radius 3 is 2.55 bits per heavy atom. The molecular formula is C16H34N2O3Si. The van der Waals surface area contributed by atoms with E-state index in [9.17, 15) is 9.90 Å². The van der Waals surface area contributed by atoms with Crippen LogP contribution >= 0.6 is 0 Å². The van der Waals surface area contributed by atoms with Crippen LogP contribution in [0.4, 0.5) is 4.79 Å². The van der Waals surface area contributed by atoms with E-state index in [0.717, 1.165) is 38.1 Å². The Kier molecular flexibility index (Phi) is 7.86. The fourth-order valence-corrected chi connectivity index (χ4v) is 3.63. The molecule has 1 aliphatic carbocycles. The number of ether oxygens (including phenoxy) is 1. The SMILES string of the molecule is CN(C(=O)OCC[Si](C)(C)C)C(CN)CC1CCCCC1O. The first kappa shape index (κ1) is 19.5. The van der Waals surface area contributed by atoms with E-state index >= 15 is 0 Å². The summed E-state index contributed by atoms with van der Waals surface area (Å²) in [6.45, 7) is 7.68. The van der Waals surface area contributed by atoms with Crippen molar-refractivity contribution in [2.75, 3.05) is 20.2 Å². The molecule has 0 radical (unpaired) electrons. The third kappa shape index (κ3) is 6.67. The second-order valence-corrected chi connectivity index (χ2v) is 13.4. The third-order valence-electron chi connectivity index (χ3n) is 4.63. The van der Waals surface area contributed by atoms with Crippen molar-refractivity contribution in [3.63, 3.8) is 0 Å². The Morgan fingerprint density at radius 1 is 1.36 bits per heavy atom. The quantitative estimate of drug-likeness (QED) is 0.704. The maximum atomic E-state index is 12.2. The molecule has 3 atom stereocenters. The summed E-state index contributed by atoms with van der Waals surface area (Å²) >= 11 is 0. The van der Waals surface area contributed by atoms with Crippen molar-refractivity contribution >= 4 is 14.2 Å². The fraction of sp³-hybridized carbons (Fsp3) is 0.938. The molecule has 3 unspecified atom stereocenters. The van der Waals surface area contributed by atoms with Gasteiger partial charge in [0.2, 0.25) is 0 Å². The molecule has 1 amide bonds. The van der Waals surface area contributed by atoms with E-state index in [1.807, 2.05) is 0 Å². The van der Waals surface area contributed by atoms with Crippen molar-refractivity contribution in [1.29, 1.82) is 0 Å². The Labute approximate surface area is 136 Å². The van der Waals surface area contributed by atoms with Crippen LogP contribution < -0.4 is 5.73 Å². The van der Waals surface area contributed by atoms with Crippen molar-refractivity contribution in [2.45, 2.75) is 69.9 Å². The Hall–Kier alpha value is -0.593. The standard InChI is InChI=1S/C16H34N2O3Si/c1-18(16(20)21-9-10-22(2,3)4)14(12-17)11-13-7-5-6-8-15(13)19/h13-15,19H,5-12,17H2,1-4H3. The second-order valence-electron chi connectivity index (χ2n) is 7.77. The highest BCUT2D eigenvalue weighted by Gasteiger charge is 2.29. The molecule has 1 rings (SSSR count). The van der Waals surface area contributed by atoms with E-state index in [1.165, 1.54) is 0 Å². The molecule has 1 aliphatic rings. The molecule has 0 aromatic carbocycles. The van der Waals surface area contributed by atoms with Crippen LogP contribution in [0.2, 0.25) is 25.7 Å². The Morgan fingerprint density at radius 2 is 2.00 bits per heavy atom. The maximum absolute atomic E-state index is 12.2. The van der Waals surface area contributed by atoms with Crippen LogP contribution in [0, 0.1) is 5.92 Å². The van der Waals surface area contributed by atoms with Crippen molar-refractivity contribution in [3.8, 4) is 0 Å². The number of aliphatic hydroxyl groups excluding tert-OH is 1. The highest BCUT2D eigenvalue weighted by molar-refractivity contribution is 6.76. The van der Waals surface area contributed by atoms with Crippen LogP contribution in [-0.2, 0) is 4.74 Å². The van der Waals surface area contributed by atoms with Crippen molar-refractivity contribution in [2.24, 2.45) is 11.7 Å². The summed E-state index contributed by atoms with van der Waals surface area (Å²) < 4.78 is 5.38. The van der Waals surface area contributed by atoms with Crippen LogP contribution in [0.3, 0.4) is 0 Å². The smallest absolute Gasteiger partial charge is 0.409 e. The highest BCUT2D eigenvalue weighted by atomic mass is 28.3. The number of amides is 1. The highest BCUT2D eigenvalue weighted by Crippen LogP contribution is 2.29. The molecule has 0 heterocycles. The summed E-state index contributed by atoms with van der Waals surface area (Å²) in [5, 5.41) is 10.1. The first-order chi connectivity index (χ1) is 10.2. The predicted octanol–water partition coefficient (Wildman–Crippen LogP) is 2.66. The lowest BCUT2D eigenvalue weighted by atomic mass is 9.82. The molecule has 1 saturated carbocycles. The van der Waals surface area contributed by atoms with Gasteiger partial charge in [-0.15, -0.1) is 0 Å². The molecule has 0 aromatic rings. The number of likely N-dealkylation sites (N-methyl/N-ethyl adjacent to an activating group) is 1. The first-order valence-corrected chi connectivity index (χ1v) is 12.2. The number of carbonyl (C=O) groups excluding carboxylic acids is 1. The molecule has 6 heteroatoms. The molecule has 0 bridgehead atoms. The number of aliphatic hydroxyl groups is 1. The van der Waals surface area contributed by atoms with E-state index in [4.69, 9.17) is 10.5 Å². The summed E-state index contributed by atoms with van der Waals surface area (Å²) in [6, 6.07) is 0.915. The van der Waals surface area contributed by atoms with Gasteiger partial charge in [-0.05, 0) is 31.2 Å². The van der Waals surface area contributed by atoms with Crippen molar-refractivity contribution in [1.82, 2.24) is 4.90 Å². The molecule has 0 aromatic heterocycles. The van der Waals surface area contributed by atoms with Crippen molar-refractivity contribution < 1.29 is 14.6 Å². The van der Waals surface area contributed by atoms with Crippen LogP contribution in [0.25, 0.3) is 0 Å².